The lowest BCUT2D eigenvalue weighted by Gasteiger charge is -2.21. The van der Waals surface area contributed by atoms with Gasteiger partial charge in [-0.1, -0.05) is 20.3 Å². The molecule has 2 atom stereocenters. The van der Waals surface area contributed by atoms with Crippen molar-refractivity contribution in [2.45, 2.75) is 58.7 Å². The second kappa shape index (κ2) is 6.62. The van der Waals surface area contributed by atoms with Crippen LogP contribution in [0.3, 0.4) is 0 Å². The third-order valence-electron chi connectivity index (χ3n) is 2.67. The fourth-order valence-electron chi connectivity index (χ4n) is 1.90. The summed E-state index contributed by atoms with van der Waals surface area (Å²) in [5.74, 6) is 0. The fraction of sp³-hybridized carbons (Fsp3) is 0.750. The summed E-state index contributed by atoms with van der Waals surface area (Å²) >= 11 is 0. The molecule has 0 saturated heterocycles. The molecule has 0 aromatic carbocycles. The summed E-state index contributed by atoms with van der Waals surface area (Å²) < 4.78 is 1.98. The van der Waals surface area contributed by atoms with Crippen molar-refractivity contribution in [2.75, 3.05) is 0 Å². The van der Waals surface area contributed by atoms with Gasteiger partial charge in [0.05, 0.1) is 6.54 Å². The SMILES string of the molecule is CCCC(CC)NC(C)Cn1cccn1. The number of nitrogens with zero attached hydrogens (tertiary/aromatic N) is 2. The van der Waals surface area contributed by atoms with E-state index in [9.17, 15) is 0 Å². The molecule has 1 rings (SSSR count). The number of nitrogens with one attached hydrogen (secondary N) is 1. The van der Waals surface area contributed by atoms with E-state index in [1.807, 2.05) is 23.1 Å². The first-order valence-corrected chi connectivity index (χ1v) is 5.99. The van der Waals surface area contributed by atoms with Crippen molar-refractivity contribution in [3.05, 3.63) is 18.5 Å². The highest BCUT2D eigenvalue weighted by atomic mass is 15.3. The van der Waals surface area contributed by atoms with Gasteiger partial charge in [0, 0.05) is 24.5 Å². The Bertz CT molecular complexity index is 243. The quantitative estimate of drug-likeness (QED) is 0.747. The lowest BCUT2D eigenvalue weighted by molar-refractivity contribution is 0.371. The lowest BCUT2D eigenvalue weighted by atomic mass is 10.1. The van der Waals surface area contributed by atoms with Gasteiger partial charge in [-0.05, 0) is 25.8 Å². The predicted octanol–water partition coefficient (Wildman–Crippen LogP) is 2.44. The van der Waals surface area contributed by atoms with Gasteiger partial charge in [0.25, 0.3) is 0 Å². The molecular formula is C12H23N3. The molecule has 1 aromatic heterocycles. The van der Waals surface area contributed by atoms with Crippen LogP contribution in [0.25, 0.3) is 0 Å². The van der Waals surface area contributed by atoms with Crippen molar-refractivity contribution in [2.24, 2.45) is 0 Å². The van der Waals surface area contributed by atoms with Crippen molar-refractivity contribution < 1.29 is 0 Å². The molecule has 0 amide bonds. The topological polar surface area (TPSA) is 29.9 Å². The minimum Gasteiger partial charge on any atom is -0.310 e. The van der Waals surface area contributed by atoms with Crippen LogP contribution in [-0.2, 0) is 6.54 Å². The molecule has 1 heterocycles. The highest BCUT2D eigenvalue weighted by Gasteiger charge is 2.09. The minimum atomic E-state index is 0.487. The van der Waals surface area contributed by atoms with E-state index in [0.29, 0.717) is 12.1 Å². The molecule has 0 fully saturated rings. The summed E-state index contributed by atoms with van der Waals surface area (Å²) in [4.78, 5) is 0. The fourth-order valence-corrected chi connectivity index (χ4v) is 1.90. The lowest BCUT2D eigenvalue weighted by Crippen LogP contribution is -2.38. The maximum atomic E-state index is 4.21. The Morgan fingerprint density at radius 2 is 2.20 bits per heavy atom. The molecule has 1 aromatic rings. The van der Waals surface area contributed by atoms with E-state index in [-0.39, 0.29) is 0 Å². The van der Waals surface area contributed by atoms with E-state index in [0.717, 1.165) is 6.54 Å². The van der Waals surface area contributed by atoms with Crippen LogP contribution in [0, 0.1) is 0 Å². The zero-order chi connectivity index (χ0) is 11.1. The zero-order valence-electron chi connectivity index (χ0n) is 10.1. The number of hydrogen-bond acceptors (Lipinski definition) is 2. The third kappa shape index (κ3) is 4.47. The molecule has 3 nitrogen and oxygen atoms in total. The van der Waals surface area contributed by atoms with Crippen LogP contribution in [0.1, 0.15) is 40.0 Å². The maximum absolute atomic E-state index is 4.21. The van der Waals surface area contributed by atoms with E-state index in [1.54, 1.807) is 0 Å². The van der Waals surface area contributed by atoms with Crippen molar-refractivity contribution in [3.8, 4) is 0 Å². The van der Waals surface area contributed by atoms with E-state index >= 15 is 0 Å². The minimum absolute atomic E-state index is 0.487. The molecule has 86 valence electrons. The van der Waals surface area contributed by atoms with Crippen LogP contribution in [0.5, 0.6) is 0 Å². The molecule has 0 aliphatic rings. The van der Waals surface area contributed by atoms with Crippen LogP contribution in [0.2, 0.25) is 0 Å². The normalized spacial score (nSPS) is 15.1. The molecule has 2 unspecified atom stereocenters. The van der Waals surface area contributed by atoms with Gasteiger partial charge in [-0.2, -0.15) is 5.10 Å². The maximum Gasteiger partial charge on any atom is 0.0560 e. The highest BCUT2D eigenvalue weighted by Crippen LogP contribution is 2.03. The Balaban J connectivity index is 2.30. The molecule has 0 aliphatic carbocycles. The Labute approximate surface area is 92.9 Å². The standard InChI is InChI=1S/C12H23N3/c1-4-7-12(5-2)14-11(3)10-15-9-6-8-13-15/h6,8-9,11-12,14H,4-5,7,10H2,1-3H3. The van der Waals surface area contributed by atoms with Gasteiger partial charge >= 0.3 is 0 Å². The van der Waals surface area contributed by atoms with E-state index in [2.05, 4.69) is 31.2 Å². The van der Waals surface area contributed by atoms with E-state index in [1.165, 1.54) is 19.3 Å². The summed E-state index contributed by atoms with van der Waals surface area (Å²) in [7, 11) is 0. The molecule has 0 saturated carbocycles. The van der Waals surface area contributed by atoms with Crippen LogP contribution < -0.4 is 5.32 Å². The molecule has 0 aliphatic heterocycles. The summed E-state index contributed by atoms with van der Waals surface area (Å²) in [5, 5.41) is 7.86. The van der Waals surface area contributed by atoms with Crippen LogP contribution in [0.4, 0.5) is 0 Å². The van der Waals surface area contributed by atoms with Crippen molar-refractivity contribution in [3.63, 3.8) is 0 Å². The van der Waals surface area contributed by atoms with Gasteiger partial charge in [0.2, 0.25) is 0 Å². The monoisotopic (exact) mass is 209 g/mol. The van der Waals surface area contributed by atoms with Gasteiger partial charge in [0.15, 0.2) is 0 Å². The van der Waals surface area contributed by atoms with Gasteiger partial charge in [-0.15, -0.1) is 0 Å². The Hall–Kier alpha value is -0.830. The van der Waals surface area contributed by atoms with E-state index < -0.39 is 0 Å². The molecule has 0 spiro atoms. The molecule has 0 bridgehead atoms. The molecule has 15 heavy (non-hydrogen) atoms. The largest absolute Gasteiger partial charge is 0.310 e. The second-order valence-electron chi connectivity index (χ2n) is 4.19. The molecule has 3 heteroatoms. The Kier molecular flexibility index (Phi) is 5.40. The van der Waals surface area contributed by atoms with Gasteiger partial charge in [-0.25, -0.2) is 0 Å². The molecular weight excluding hydrogens is 186 g/mol. The Morgan fingerprint density at radius 3 is 2.73 bits per heavy atom. The summed E-state index contributed by atoms with van der Waals surface area (Å²) in [6.45, 7) is 7.66. The number of rotatable bonds is 7. The summed E-state index contributed by atoms with van der Waals surface area (Å²) in [6.07, 6.45) is 7.56. The van der Waals surface area contributed by atoms with Crippen molar-refractivity contribution in [1.29, 1.82) is 0 Å². The van der Waals surface area contributed by atoms with Crippen molar-refractivity contribution in [1.82, 2.24) is 15.1 Å². The van der Waals surface area contributed by atoms with Gasteiger partial charge in [-0.3, -0.25) is 4.68 Å². The van der Waals surface area contributed by atoms with Crippen LogP contribution >= 0.6 is 0 Å². The average Bonchev–Trinajstić information content (AvgIpc) is 2.69. The first-order valence-electron chi connectivity index (χ1n) is 5.99. The molecule has 1 N–H and O–H groups in total. The predicted molar refractivity (Wildman–Crippen MR) is 63.8 cm³/mol. The smallest absolute Gasteiger partial charge is 0.0560 e. The third-order valence-corrected chi connectivity index (χ3v) is 2.67. The first kappa shape index (κ1) is 12.2. The summed E-state index contributed by atoms with van der Waals surface area (Å²) in [6, 6.07) is 3.11. The van der Waals surface area contributed by atoms with Gasteiger partial charge < -0.3 is 5.32 Å². The second-order valence-corrected chi connectivity index (χ2v) is 4.19. The van der Waals surface area contributed by atoms with E-state index in [4.69, 9.17) is 0 Å². The van der Waals surface area contributed by atoms with Crippen LogP contribution in [-0.4, -0.2) is 21.9 Å². The summed E-state index contributed by atoms with van der Waals surface area (Å²) in [5.41, 5.74) is 0. The van der Waals surface area contributed by atoms with Gasteiger partial charge in [0.1, 0.15) is 0 Å². The first-order chi connectivity index (χ1) is 7.26. The highest BCUT2D eigenvalue weighted by molar-refractivity contribution is 4.79. The number of aromatic nitrogens is 2. The zero-order valence-corrected chi connectivity index (χ0v) is 10.1. The van der Waals surface area contributed by atoms with Crippen LogP contribution in [0.15, 0.2) is 18.5 Å². The average molecular weight is 209 g/mol. The van der Waals surface area contributed by atoms with Crippen molar-refractivity contribution >= 4 is 0 Å². The number of hydrogen-bond donors (Lipinski definition) is 1. The molecule has 0 radical (unpaired) electrons. The Morgan fingerprint density at radius 1 is 1.40 bits per heavy atom.